The van der Waals surface area contributed by atoms with Gasteiger partial charge in [-0.3, -0.25) is 14.9 Å². The van der Waals surface area contributed by atoms with E-state index >= 15 is 0 Å². The van der Waals surface area contributed by atoms with Gasteiger partial charge in [0.25, 0.3) is 11.6 Å². The van der Waals surface area contributed by atoms with Gasteiger partial charge in [0.05, 0.1) is 31.9 Å². The summed E-state index contributed by atoms with van der Waals surface area (Å²) in [5, 5.41) is 10.5. The lowest BCUT2D eigenvalue weighted by molar-refractivity contribution is -0.384. The minimum Gasteiger partial charge on any atom is -0.380 e. The highest BCUT2D eigenvalue weighted by atomic mass is 32.2. The van der Waals surface area contributed by atoms with Crippen molar-refractivity contribution < 1.29 is 22.9 Å². The second kappa shape index (κ2) is 9.72. The molecule has 0 saturated heterocycles. The van der Waals surface area contributed by atoms with Gasteiger partial charge in [-0.1, -0.05) is 17.4 Å². The van der Waals surface area contributed by atoms with E-state index < -0.39 is 25.9 Å². The van der Waals surface area contributed by atoms with Crippen molar-refractivity contribution in [1.29, 1.82) is 0 Å². The summed E-state index contributed by atoms with van der Waals surface area (Å²) in [5.74, 6) is -0.600. The van der Waals surface area contributed by atoms with Crippen LogP contribution in [0.2, 0.25) is 0 Å². The lowest BCUT2D eigenvalue weighted by atomic mass is 10.2. The van der Waals surface area contributed by atoms with Crippen molar-refractivity contribution in [3.05, 3.63) is 62.9 Å². The molecule has 9 nitrogen and oxygen atoms in total. The number of fused-ring (bicyclic) bond motifs is 1. The molecule has 0 aliphatic carbocycles. The van der Waals surface area contributed by atoms with E-state index in [0.717, 1.165) is 11.3 Å². The molecule has 0 bridgehead atoms. The summed E-state index contributed by atoms with van der Waals surface area (Å²) >= 11 is 1.15. The Morgan fingerprint density at radius 1 is 1.25 bits per heavy atom. The van der Waals surface area contributed by atoms with Crippen LogP contribution < -0.4 is 4.80 Å². The lowest BCUT2D eigenvalue weighted by Gasteiger charge is -2.08. The SMILES string of the molecule is CCOCCn1c(=NC(=O)c2cccc(S(=O)(=O)C(C)C)c2)sc2cc([N+](=O)[O-])ccc21. The van der Waals surface area contributed by atoms with E-state index in [-0.39, 0.29) is 16.1 Å². The average molecular weight is 478 g/mol. The fourth-order valence-corrected chi connectivity index (χ4v) is 5.20. The molecule has 170 valence electrons. The second-order valence-electron chi connectivity index (χ2n) is 7.18. The molecule has 2 aromatic carbocycles. The highest BCUT2D eigenvalue weighted by Crippen LogP contribution is 2.23. The maximum absolute atomic E-state index is 12.9. The monoisotopic (exact) mass is 477 g/mol. The quantitative estimate of drug-likeness (QED) is 0.278. The first kappa shape index (κ1) is 23.8. The standard InChI is InChI=1S/C21H23N3O6S2/c1-4-30-11-10-23-18-9-8-16(24(26)27)13-19(18)31-21(23)22-20(25)15-6-5-7-17(12-15)32(28,29)14(2)3/h5-9,12-14H,4,10-11H2,1-3H3. The van der Waals surface area contributed by atoms with Crippen molar-refractivity contribution in [2.75, 3.05) is 13.2 Å². The smallest absolute Gasteiger partial charge is 0.279 e. The van der Waals surface area contributed by atoms with Gasteiger partial charge in [-0.15, -0.1) is 0 Å². The number of thiazole rings is 1. The van der Waals surface area contributed by atoms with Crippen LogP contribution in [0.4, 0.5) is 5.69 Å². The van der Waals surface area contributed by atoms with Gasteiger partial charge in [-0.05, 0) is 45.0 Å². The third kappa shape index (κ3) is 4.95. The van der Waals surface area contributed by atoms with Crippen molar-refractivity contribution in [2.24, 2.45) is 4.99 Å². The summed E-state index contributed by atoms with van der Waals surface area (Å²) in [6.07, 6.45) is 0. The second-order valence-corrected chi connectivity index (χ2v) is 10.7. The van der Waals surface area contributed by atoms with Crippen molar-refractivity contribution in [3.63, 3.8) is 0 Å². The molecule has 1 amide bonds. The molecule has 0 atom stereocenters. The summed E-state index contributed by atoms with van der Waals surface area (Å²) in [5.41, 5.74) is 0.787. The van der Waals surface area contributed by atoms with Gasteiger partial charge in [0.15, 0.2) is 14.6 Å². The molecule has 0 saturated carbocycles. The third-order valence-corrected chi connectivity index (χ3v) is 7.96. The molecular weight excluding hydrogens is 454 g/mol. The predicted octanol–water partition coefficient (Wildman–Crippen LogP) is 3.57. The van der Waals surface area contributed by atoms with Crippen LogP contribution in [0.3, 0.4) is 0 Å². The van der Waals surface area contributed by atoms with E-state index in [1.807, 2.05) is 6.92 Å². The summed E-state index contributed by atoms with van der Waals surface area (Å²) < 4.78 is 32.7. The molecule has 0 fully saturated rings. The van der Waals surface area contributed by atoms with Crippen LogP contribution in [0, 0.1) is 10.1 Å². The normalized spacial score (nSPS) is 12.6. The molecule has 1 heterocycles. The van der Waals surface area contributed by atoms with Gasteiger partial charge in [0.2, 0.25) is 0 Å². The van der Waals surface area contributed by atoms with E-state index in [9.17, 15) is 23.3 Å². The largest absolute Gasteiger partial charge is 0.380 e. The zero-order valence-corrected chi connectivity index (χ0v) is 19.5. The van der Waals surface area contributed by atoms with Crippen LogP contribution in [0.1, 0.15) is 31.1 Å². The first-order valence-corrected chi connectivity index (χ1v) is 12.3. The van der Waals surface area contributed by atoms with Gasteiger partial charge in [-0.2, -0.15) is 4.99 Å². The molecular formula is C21H23N3O6S2. The van der Waals surface area contributed by atoms with Crippen LogP contribution >= 0.6 is 11.3 Å². The minimum atomic E-state index is -3.54. The maximum atomic E-state index is 12.9. The van der Waals surface area contributed by atoms with Crippen LogP contribution in [0.5, 0.6) is 0 Å². The van der Waals surface area contributed by atoms with Crippen LogP contribution in [0.15, 0.2) is 52.4 Å². The number of sulfone groups is 1. The Bertz CT molecular complexity index is 1340. The number of ether oxygens (including phenoxy) is 1. The number of amides is 1. The Labute approximate surface area is 189 Å². The Morgan fingerprint density at radius 3 is 2.66 bits per heavy atom. The van der Waals surface area contributed by atoms with Gasteiger partial charge in [-0.25, -0.2) is 8.42 Å². The van der Waals surface area contributed by atoms with E-state index in [4.69, 9.17) is 4.74 Å². The fraction of sp³-hybridized carbons (Fsp3) is 0.333. The van der Waals surface area contributed by atoms with Crippen molar-refractivity contribution >= 4 is 43.0 Å². The Kier molecular flexibility index (Phi) is 7.22. The zero-order chi connectivity index (χ0) is 23.5. The van der Waals surface area contributed by atoms with Crippen molar-refractivity contribution in [1.82, 2.24) is 4.57 Å². The minimum absolute atomic E-state index is 0.0554. The molecule has 0 spiro atoms. The molecule has 1 aromatic heterocycles. The first-order chi connectivity index (χ1) is 15.1. The number of aromatic nitrogens is 1. The number of nitro groups is 1. The molecule has 0 radical (unpaired) electrons. The summed E-state index contributed by atoms with van der Waals surface area (Å²) in [6, 6.07) is 10.3. The van der Waals surface area contributed by atoms with E-state index in [1.165, 1.54) is 36.4 Å². The van der Waals surface area contributed by atoms with Crippen LogP contribution in [-0.4, -0.2) is 42.3 Å². The number of benzene rings is 2. The number of nitrogens with zero attached hydrogens (tertiary/aromatic N) is 3. The number of nitro benzene ring substituents is 1. The van der Waals surface area contributed by atoms with Gasteiger partial charge < -0.3 is 9.30 Å². The van der Waals surface area contributed by atoms with Gasteiger partial charge in [0.1, 0.15) is 0 Å². The highest BCUT2D eigenvalue weighted by Gasteiger charge is 2.20. The number of carbonyl (C=O) groups excluding carboxylic acids is 1. The Morgan fingerprint density at radius 2 is 2.00 bits per heavy atom. The number of hydrogen-bond donors (Lipinski definition) is 0. The molecule has 0 aliphatic heterocycles. The average Bonchev–Trinajstić information content (AvgIpc) is 3.10. The molecule has 11 heteroatoms. The maximum Gasteiger partial charge on any atom is 0.279 e. The van der Waals surface area contributed by atoms with E-state index in [1.54, 1.807) is 24.5 Å². The third-order valence-electron chi connectivity index (χ3n) is 4.77. The summed E-state index contributed by atoms with van der Waals surface area (Å²) in [6.45, 7) is 6.32. The van der Waals surface area contributed by atoms with Gasteiger partial charge >= 0.3 is 0 Å². The summed E-state index contributed by atoms with van der Waals surface area (Å²) in [7, 11) is -3.54. The van der Waals surface area contributed by atoms with Crippen molar-refractivity contribution in [3.8, 4) is 0 Å². The Balaban J connectivity index is 2.09. The van der Waals surface area contributed by atoms with Crippen molar-refractivity contribution in [2.45, 2.75) is 37.5 Å². The Hall–Kier alpha value is -2.89. The summed E-state index contributed by atoms with van der Waals surface area (Å²) in [4.78, 5) is 28.2. The molecule has 0 unspecified atom stereocenters. The molecule has 0 aliphatic rings. The van der Waals surface area contributed by atoms with Crippen LogP contribution in [-0.2, 0) is 21.1 Å². The molecule has 3 aromatic rings. The number of carbonyl (C=O) groups is 1. The molecule has 32 heavy (non-hydrogen) atoms. The predicted molar refractivity (Wildman–Crippen MR) is 122 cm³/mol. The number of hydrogen-bond acceptors (Lipinski definition) is 7. The fourth-order valence-electron chi connectivity index (χ4n) is 3.01. The van der Waals surface area contributed by atoms with Gasteiger partial charge in [0, 0.05) is 30.8 Å². The molecule has 3 rings (SSSR count). The zero-order valence-electron chi connectivity index (χ0n) is 17.8. The molecule has 0 N–H and O–H groups in total. The first-order valence-electron chi connectivity index (χ1n) is 9.93. The number of non-ortho nitro benzene ring substituents is 1. The number of rotatable bonds is 8. The topological polar surface area (TPSA) is 121 Å². The highest BCUT2D eigenvalue weighted by molar-refractivity contribution is 7.92. The van der Waals surface area contributed by atoms with E-state index in [0.29, 0.717) is 34.8 Å². The van der Waals surface area contributed by atoms with Crippen LogP contribution in [0.25, 0.3) is 10.2 Å². The van der Waals surface area contributed by atoms with E-state index in [2.05, 4.69) is 4.99 Å². The lowest BCUT2D eigenvalue weighted by Crippen LogP contribution is -2.20.